The Morgan fingerprint density at radius 1 is 1.54 bits per heavy atom. The first-order chi connectivity index (χ1) is 6.22. The first-order valence-electron chi connectivity index (χ1n) is 3.96. The van der Waals surface area contributed by atoms with Crippen molar-refractivity contribution in [1.29, 1.82) is 0 Å². The second-order valence-corrected chi connectivity index (χ2v) is 2.90. The SMILES string of the molecule is NCC1OC(=O)c2cc(O)ccc21. The monoisotopic (exact) mass is 179 g/mol. The summed E-state index contributed by atoms with van der Waals surface area (Å²) in [5.41, 5.74) is 6.58. The Labute approximate surface area is 74.9 Å². The van der Waals surface area contributed by atoms with Crippen LogP contribution in [0.1, 0.15) is 22.0 Å². The van der Waals surface area contributed by atoms with Crippen LogP contribution in [0.25, 0.3) is 0 Å². The fourth-order valence-corrected chi connectivity index (χ4v) is 1.43. The maximum Gasteiger partial charge on any atom is 0.339 e. The molecule has 0 amide bonds. The molecule has 0 bridgehead atoms. The maximum atomic E-state index is 11.2. The van der Waals surface area contributed by atoms with Gasteiger partial charge in [-0.2, -0.15) is 0 Å². The van der Waals surface area contributed by atoms with Gasteiger partial charge in [0.1, 0.15) is 11.9 Å². The highest BCUT2D eigenvalue weighted by molar-refractivity contribution is 5.94. The van der Waals surface area contributed by atoms with Gasteiger partial charge in [-0.3, -0.25) is 0 Å². The Balaban J connectivity index is 2.52. The fraction of sp³-hybridized carbons (Fsp3) is 0.222. The highest BCUT2D eigenvalue weighted by atomic mass is 16.5. The molecule has 1 aliphatic heterocycles. The van der Waals surface area contributed by atoms with Crippen LogP contribution in [-0.4, -0.2) is 17.6 Å². The highest BCUT2D eigenvalue weighted by Gasteiger charge is 2.29. The number of rotatable bonds is 1. The molecule has 4 heteroatoms. The van der Waals surface area contributed by atoms with E-state index in [1.165, 1.54) is 12.1 Å². The lowest BCUT2D eigenvalue weighted by Gasteiger charge is -2.05. The van der Waals surface area contributed by atoms with Crippen molar-refractivity contribution >= 4 is 5.97 Å². The number of ether oxygens (including phenoxy) is 1. The number of hydrogen-bond donors (Lipinski definition) is 2. The summed E-state index contributed by atoms with van der Waals surface area (Å²) in [6.07, 6.45) is -0.358. The Kier molecular flexibility index (Phi) is 1.70. The normalized spacial score (nSPS) is 19.8. The van der Waals surface area contributed by atoms with Crippen molar-refractivity contribution in [1.82, 2.24) is 0 Å². The van der Waals surface area contributed by atoms with E-state index in [-0.39, 0.29) is 18.4 Å². The smallest absolute Gasteiger partial charge is 0.339 e. The van der Waals surface area contributed by atoms with Crippen LogP contribution in [0.4, 0.5) is 0 Å². The van der Waals surface area contributed by atoms with Crippen molar-refractivity contribution in [2.45, 2.75) is 6.10 Å². The molecule has 1 aliphatic rings. The number of carbonyl (C=O) groups is 1. The molecule has 3 N–H and O–H groups in total. The van der Waals surface area contributed by atoms with Gasteiger partial charge < -0.3 is 15.6 Å². The third kappa shape index (κ3) is 1.15. The van der Waals surface area contributed by atoms with Gasteiger partial charge in [-0.15, -0.1) is 0 Å². The molecule has 1 atom stereocenters. The summed E-state index contributed by atoms with van der Waals surface area (Å²) in [4.78, 5) is 11.2. The zero-order valence-corrected chi connectivity index (χ0v) is 6.86. The molecule has 1 aromatic carbocycles. The number of nitrogens with two attached hydrogens (primary N) is 1. The van der Waals surface area contributed by atoms with Gasteiger partial charge in [-0.05, 0) is 12.1 Å². The minimum Gasteiger partial charge on any atom is -0.508 e. The van der Waals surface area contributed by atoms with Crippen molar-refractivity contribution < 1.29 is 14.6 Å². The van der Waals surface area contributed by atoms with Crippen LogP contribution in [0.5, 0.6) is 5.75 Å². The molecule has 2 rings (SSSR count). The molecular weight excluding hydrogens is 170 g/mol. The number of fused-ring (bicyclic) bond motifs is 1. The molecule has 68 valence electrons. The van der Waals surface area contributed by atoms with Gasteiger partial charge in [0, 0.05) is 12.1 Å². The largest absolute Gasteiger partial charge is 0.508 e. The third-order valence-corrected chi connectivity index (χ3v) is 2.07. The number of phenols is 1. The lowest BCUT2D eigenvalue weighted by molar-refractivity contribution is 0.0402. The van der Waals surface area contributed by atoms with Crippen LogP contribution >= 0.6 is 0 Å². The van der Waals surface area contributed by atoms with Crippen LogP contribution in [0.2, 0.25) is 0 Å². The number of hydrogen-bond acceptors (Lipinski definition) is 4. The van der Waals surface area contributed by atoms with Gasteiger partial charge in [-0.1, -0.05) is 6.07 Å². The highest BCUT2D eigenvalue weighted by Crippen LogP contribution is 2.31. The minimum absolute atomic E-state index is 0.0633. The van der Waals surface area contributed by atoms with E-state index in [1.54, 1.807) is 6.07 Å². The van der Waals surface area contributed by atoms with Gasteiger partial charge in [0.15, 0.2) is 0 Å². The summed E-state index contributed by atoms with van der Waals surface area (Å²) in [5.74, 6) is -0.352. The van der Waals surface area contributed by atoms with Crippen molar-refractivity contribution in [2.75, 3.05) is 6.54 Å². The number of aromatic hydroxyl groups is 1. The molecule has 1 aromatic rings. The molecule has 0 aromatic heterocycles. The molecule has 1 unspecified atom stereocenters. The number of esters is 1. The predicted octanol–water partition coefficient (Wildman–Crippen LogP) is 0.562. The van der Waals surface area contributed by atoms with Crippen LogP contribution in [0.15, 0.2) is 18.2 Å². The van der Waals surface area contributed by atoms with Crippen molar-refractivity contribution in [2.24, 2.45) is 5.73 Å². The molecule has 0 spiro atoms. The van der Waals surface area contributed by atoms with E-state index in [4.69, 9.17) is 15.6 Å². The van der Waals surface area contributed by atoms with E-state index in [2.05, 4.69) is 0 Å². The number of carbonyl (C=O) groups excluding carboxylic acids is 1. The summed E-state index contributed by atoms with van der Waals surface area (Å²) >= 11 is 0. The van der Waals surface area contributed by atoms with Crippen molar-refractivity contribution in [3.05, 3.63) is 29.3 Å². The topological polar surface area (TPSA) is 72.5 Å². The average Bonchev–Trinajstić information content (AvgIpc) is 2.43. The molecule has 0 fully saturated rings. The molecule has 0 saturated carbocycles. The molecular formula is C9H9NO3. The standard InChI is InChI=1S/C9H9NO3/c10-4-8-6-2-1-5(11)3-7(6)9(12)13-8/h1-3,8,11H,4,10H2. The second kappa shape index (κ2) is 2.74. The maximum absolute atomic E-state index is 11.2. The Bertz CT molecular complexity index is 362. The van der Waals surface area contributed by atoms with Crippen LogP contribution in [-0.2, 0) is 4.74 Å². The molecule has 0 saturated heterocycles. The molecule has 4 nitrogen and oxygen atoms in total. The zero-order chi connectivity index (χ0) is 9.42. The van der Waals surface area contributed by atoms with E-state index in [0.29, 0.717) is 5.56 Å². The fourth-order valence-electron chi connectivity index (χ4n) is 1.43. The summed E-state index contributed by atoms with van der Waals surface area (Å²) < 4.78 is 4.96. The van der Waals surface area contributed by atoms with Crippen LogP contribution in [0, 0.1) is 0 Å². The van der Waals surface area contributed by atoms with E-state index in [0.717, 1.165) is 5.56 Å². The van der Waals surface area contributed by atoms with Crippen LogP contribution < -0.4 is 5.73 Å². The molecule has 1 heterocycles. The lowest BCUT2D eigenvalue weighted by Crippen LogP contribution is -2.11. The summed E-state index contributed by atoms with van der Waals surface area (Å²) in [6.45, 7) is 0.267. The molecule has 13 heavy (non-hydrogen) atoms. The van der Waals surface area contributed by atoms with Gasteiger partial charge in [0.05, 0.1) is 5.56 Å². The second-order valence-electron chi connectivity index (χ2n) is 2.90. The van der Waals surface area contributed by atoms with E-state index in [1.807, 2.05) is 0 Å². The lowest BCUT2D eigenvalue weighted by atomic mass is 10.1. The number of benzene rings is 1. The van der Waals surface area contributed by atoms with Gasteiger partial charge in [-0.25, -0.2) is 4.79 Å². The Morgan fingerprint density at radius 3 is 3.00 bits per heavy atom. The minimum atomic E-state index is -0.415. The van der Waals surface area contributed by atoms with Crippen LogP contribution in [0.3, 0.4) is 0 Å². The van der Waals surface area contributed by atoms with E-state index in [9.17, 15) is 4.79 Å². The first kappa shape index (κ1) is 8.07. The predicted molar refractivity (Wildman–Crippen MR) is 45.3 cm³/mol. The Hall–Kier alpha value is -1.55. The summed E-state index contributed by atoms with van der Waals surface area (Å²) in [6, 6.07) is 4.57. The van der Waals surface area contributed by atoms with Gasteiger partial charge in [0.2, 0.25) is 0 Å². The third-order valence-electron chi connectivity index (χ3n) is 2.07. The number of phenolic OH excluding ortho intramolecular Hbond substituents is 1. The number of cyclic esters (lactones) is 1. The van der Waals surface area contributed by atoms with E-state index < -0.39 is 5.97 Å². The quantitative estimate of drug-likeness (QED) is 0.618. The first-order valence-corrected chi connectivity index (χ1v) is 3.96. The molecule has 0 aliphatic carbocycles. The summed E-state index contributed by atoms with van der Waals surface area (Å²) in [5, 5.41) is 9.13. The van der Waals surface area contributed by atoms with Gasteiger partial charge >= 0.3 is 5.97 Å². The van der Waals surface area contributed by atoms with Crippen molar-refractivity contribution in [3.8, 4) is 5.75 Å². The van der Waals surface area contributed by atoms with Gasteiger partial charge in [0.25, 0.3) is 0 Å². The van der Waals surface area contributed by atoms with E-state index >= 15 is 0 Å². The van der Waals surface area contributed by atoms with Crippen molar-refractivity contribution in [3.63, 3.8) is 0 Å². The Morgan fingerprint density at radius 2 is 2.31 bits per heavy atom. The zero-order valence-electron chi connectivity index (χ0n) is 6.86. The summed E-state index contributed by atoms with van der Waals surface area (Å²) in [7, 11) is 0. The molecule has 0 radical (unpaired) electrons. The average molecular weight is 179 g/mol.